The standard InChI is InChI=1S/C6H9ClO2/c1-6(8)9-5-3-2-4-7/h3,5H,2,4H2,1H3/b5-3+. The molecular weight excluding hydrogens is 140 g/mol. The SMILES string of the molecule is CC(=O)O/C=C/CCCl. The summed E-state index contributed by atoms with van der Waals surface area (Å²) in [5, 5.41) is 0. The molecule has 0 atom stereocenters. The summed E-state index contributed by atoms with van der Waals surface area (Å²) >= 11 is 5.33. The normalized spacial score (nSPS) is 10.0. The fraction of sp³-hybridized carbons (Fsp3) is 0.500. The van der Waals surface area contributed by atoms with Crippen molar-refractivity contribution in [2.75, 3.05) is 5.88 Å². The zero-order valence-corrected chi connectivity index (χ0v) is 6.02. The largest absolute Gasteiger partial charge is 0.435 e. The number of rotatable bonds is 3. The van der Waals surface area contributed by atoms with Gasteiger partial charge in [-0.2, -0.15) is 0 Å². The van der Waals surface area contributed by atoms with E-state index < -0.39 is 0 Å². The van der Waals surface area contributed by atoms with E-state index in [1.165, 1.54) is 13.2 Å². The number of carbonyl (C=O) groups is 1. The molecule has 0 N–H and O–H groups in total. The molecule has 0 fully saturated rings. The van der Waals surface area contributed by atoms with Crippen LogP contribution in [0, 0.1) is 0 Å². The van der Waals surface area contributed by atoms with Crippen LogP contribution in [0.25, 0.3) is 0 Å². The van der Waals surface area contributed by atoms with Gasteiger partial charge in [0, 0.05) is 12.8 Å². The van der Waals surface area contributed by atoms with Crippen molar-refractivity contribution in [3.63, 3.8) is 0 Å². The second kappa shape index (κ2) is 5.63. The molecule has 0 aliphatic rings. The van der Waals surface area contributed by atoms with Crippen molar-refractivity contribution in [2.45, 2.75) is 13.3 Å². The summed E-state index contributed by atoms with van der Waals surface area (Å²) in [6, 6.07) is 0. The Kier molecular flexibility index (Phi) is 5.32. The number of alkyl halides is 1. The number of carbonyl (C=O) groups excluding carboxylic acids is 1. The Bertz CT molecular complexity index is 110. The van der Waals surface area contributed by atoms with Gasteiger partial charge < -0.3 is 4.74 Å². The molecule has 9 heavy (non-hydrogen) atoms. The van der Waals surface area contributed by atoms with Gasteiger partial charge in [-0.3, -0.25) is 4.79 Å². The summed E-state index contributed by atoms with van der Waals surface area (Å²) in [4.78, 5) is 10.1. The number of ether oxygens (including phenoxy) is 1. The number of esters is 1. The van der Waals surface area contributed by atoms with E-state index >= 15 is 0 Å². The van der Waals surface area contributed by atoms with Crippen LogP contribution in [-0.4, -0.2) is 11.8 Å². The predicted molar refractivity (Wildman–Crippen MR) is 36.2 cm³/mol. The molecule has 2 nitrogen and oxygen atoms in total. The van der Waals surface area contributed by atoms with E-state index in [2.05, 4.69) is 4.74 Å². The Balaban J connectivity index is 3.14. The van der Waals surface area contributed by atoms with E-state index in [1.807, 2.05) is 0 Å². The topological polar surface area (TPSA) is 26.3 Å². The lowest BCUT2D eigenvalue weighted by atomic mass is 10.5. The lowest BCUT2D eigenvalue weighted by molar-refractivity contribution is -0.135. The molecule has 0 aromatic rings. The first-order chi connectivity index (χ1) is 4.27. The van der Waals surface area contributed by atoms with E-state index in [-0.39, 0.29) is 5.97 Å². The van der Waals surface area contributed by atoms with Crippen molar-refractivity contribution in [3.05, 3.63) is 12.3 Å². The molecule has 0 unspecified atom stereocenters. The third-order valence-corrected chi connectivity index (χ3v) is 0.824. The molecule has 52 valence electrons. The second-order valence-corrected chi connectivity index (χ2v) is 1.84. The predicted octanol–water partition coefficient (Wildman–Crippen LogP) is 1.69. The summed E-state index contributed by atoms with van der Waals surface area (Å²) in [6.45, 7) is 1.35. The van der Waals surface area contributed by atoms with E-state index in [4.69, 9.17) is 11.6 Å². The smallest absolute Gasteiger partial charge is 0.307 e. The first kappa shape index (κ1) is 8.50. The van der Waals surface area contributed by atoms with Crippen LogP contribution in [0.1, 0.15) is 13.3 Å². The van der Waals surface area contributed by atoms with Gasteiger partial charge >= 0.3 is 5.97 Å². The highest BCUT2D eigenvalue weighted by atomic mass is 35.5. The van der Waals surface area contributed by atoms with Gasteiger partial charge in [0.2, 0.25) is 0 Å². The highest BCUT2D eigenvalue weighted by Gasteiger charge is 1.82. The zero-order valence-electron chi connectivity index (χ0n) is 5.26. The Hall–Kier alpha value is -0.500. The summed E-state index contributed by atoms with van der Waals surface area (Å²) in [5.41, 5.74) is 0. The number of hydrogen-bond donors (Lipinski definition) is 0. The maximum Gasteiger partial charge on any atom is 0.307 e. The first-order valence-electron chi connectivity index (χ1n) is 2.65. The Morgan fingerprint density at radius 2 is 2.44 bits per heavy atom. The fourth-order valence-electron chi connectivity index (χ4n) is 0.275. The van der Waals surface area contributed by atoms with Gasteiger partial charge in [0.25, 0.3) is 0 Å². The van der Waals surface area contributed by atoms with Crippen molar-refractivity contribution < 1.29 is 9.53 Å². The quantitative estimate of drug-likeness (QED) is 0.346. The Morgan fingerprint density at radius 1 is 1.78 bits per heavy atom. The van der Waals surface area contributed by atoms with Crippen LogP contribution in [-0.2, 0) is 9.53 Å². The number of hydrogen-bond acceptors (Lipinski definition) is 2. The molecular formula is C6H9ClO2. The molecule has 0 saturated heterocycles. The van der Waals surface area contributed by atoms with Crippen molar-refractivity contribution in [1.29, 1.82) is 0 Å². The molecule has 0 bridgehead atoms. The van der Waals surface area contributed by atoms with Gasteiger partial charge in [-0.1, -0.05) is 0 Å². The van der Waals surface area contributed by atoms with Crippen LogP contribution >= 0.6 is 11.6 Å². The van der Waals surface area contributed by atoms with Gasteiger partial charge in [-0.05, 0) is 12.5 Å². The van der Waals surface area contributed by atoms with Crippen molar-refractivity contribution in [2.24, 2.45) is 0 Å². The minimum atomic E-state index is -0.305. The van der Waals surface area contributed by atoms with Crippen LogP contribution in [0.15, 0.2) is 12.3 Å². The molecule has 0 aromatic carbocycles. The summed E-state index contributed by atoms with van der Waals surface area (Å²) < 4.78 is 4.47. The van der Waals surface area contributed by atoms with Gasteiger partial charge in [0.1, 0.15) is 0 Å². The van der Waals surface area contributed by atoms with E-state index in [0.717, 1.165) is 6.42 Å². The van der Waals surface area contributed by atoms with Crippen molar-refractivity contribution in [3.8, 4) is 0 Å². The van der Waals surface area contributed by atoms with Gasteiger partial charge in [-0.15, -0.1) is 11.6 Å². The van der Waals surface area contributed by atoms with Crippen LogP contribution < -0.4 is 0 Å². The molecule has 0 rings (SSSR count). The molecule has 0 amide bonds. The van der Waals surface area contributed by atoms with Gasteiger partial charge in [0.05, 0.1) is 6.26 Å². The number of halogens is 1. The van der Waals surface area contributed by atoms with Crippen LogP contribution in [0.2, 0.25) is 0 Å². The Labute approximate surface area is 59.5 Å². The minimum absolute atomic E-state index is 0.305. The third kappa shape index (κ3) is 7.50. The van der Waals surface area contributed by atoms with E-state index in [0.29, 0.717) is 5.88 Å². The van der Waals surface area contributed by atoms with Gasteiger partial charge in [0.15, 0.2) is 0 Å². The highest BCUT2D eigenvalue weighted by molar-refractivity contribution is 6.17. The highest BCUT2D eigenvalue weighted by Crippen LogP contribution is 1.87. The lowest BCUT2D eigenvalue weighted by Gasteiger charge is -1.88. The molecule has 0 heterocycles. The summed E-state index contributed by atoms with van der Waals surface area (Å²) in [7, 11) is 0. The Morgan fingerprint density at radius 3 is 2.89 bits per heavy atom. The van der Waals surface area contributed by atoms with Crippen LogP contribution in [0.4, 0.5) is 0 Å². The van der Waals surface area contributed by atoms with Gasteiger partial charge in [-0.25, -0.2) is 0 Å². The maximum absolute atomic E-state index is 10.1. The molecule has 0 aliphatic carbocycles. The minimum Gasteiger partial charge on any atom is -0.435 e. The van der Waals surface area contributed by atoms with Crippen molar-refractivity contribution >= 4 is 17.6 Å². The molecule has 0 aliphatic heterocycles. The molecule has 0 aromatic heterocycles. The fourth-order valence-corrected chi connectivity index (χ4v) is 0.401. The second-order valence-electron chi connectivity index (χ2n) is 1.46. The third-order valence-electron chi connectivity index (χ3n) is 0.606. The summed E-state index contributed by atoms with van der Waals surface area (Å²) in [6.07, 6.45) is 3.79. The lowest BCUT2D eigenvalue weighted by Crippen LogP contribution is -1.89. The zero-order chi connectivity index (χ0) is 7.11. The molecule has 0 saturated carbocycles. The summed E-state index contributed by atoms with van der Waals surface area (Å²) in [5.74, 6) is 0.249. The molecule has 3 heteroatoms. The molecule has 0 radical (unpaired) electrons. The van der Waals surface area contributed by atoms with Crippen LogP contribution in [0.3, 0.4) is 0 Å². The average molecular weight is 149 g/mol. The van der Waals surface area contributed by atoms with E-state index in [1.54, 1.807) is 6.08 Å². The number of allylic oxidation sites excluding steroid dienone is 1. The molecule has 0 spiro atoms. The maximum atomic E-state index is 10.1. The van der Waals surface area contributed by atoms with E-state index in [9.17, 15) is 4.79 Å². The first-order valence-corrected chi connectivity index (χ1v) is 3.19. The van der Waals surface area contributed by atoms with Crippen LogP contribution in [0.5, 0.6) is 0 Å². The monoisotopic (exact) mass is 148 g/mol. The van der Waals surface area contributed by atoms with Crippen molar-refractivity contribution in [1.82, 2.24) is 0 Å². The average Bonchev–Trinajstić information content (AvgIpc) is 1.80.